The number of benzene rings is 2. The molecule has 1 heterocycles. The zero-order chi connectivity index (χ0) is 17.6. The van der Waals surface area contributed by atoms with Gasteiger partial charge in [-0.25, -0.2) is 4.72 Å². The van der Waals surface area contributed by atoms with Crippen LogP contribution in [0.5, 0.6) is 11.5 Å². The molecule has 0 saturated heterocycles. The smallest absolute Gasteiger partial charge is 0.162 e. The highest BCUT2D eigenvalue weighted by Gasteiger charge is 2.10. The molecular formula is C18H20N4O2S. The Kier molecular flexibility index (Phi) is 5.47. The van der Waals surface area contributed by atoms with Crippen molar-refractivity contribution in [3.63, 3.8) is 0 Å². The summed E-state index contributed by atoms with van der Waals surface area (Å²) in [5.41, 5.74) is 3.81. The van der Waals surface area contributed by atoms with Gasteiger partial charge < -0.3 is 19.5 Å². The third kappa shape index (κ3) is 3.89. The molecule has 0 fully saturated rings. The largest absolute Gasteiger partial charge is 0.493 e. The summed E-state index contributed by atoms with van der Waals surface area (Å²) in [6.07, 6.45) is 1.77. The van der Waals surface area contributed by atoms with E-state index in [1.807, 2.05) is 49.5 Å². The second-order valence-electron chi connectivity index (χ2n) is 5.19. The molecule has 0 saturated carbocycles. The van der Waals surface area contributed by atoms with Crippen molar-refractivity contribution in [1.29, 1.82) is 0 Å². The zero-order valence-corrected chi connectivity index (χ0v) is 15.1. The summed E-state index contributed by atoms with van der Waals surface area (Å²) in [7, 11) is 5.11. The highest BCUT2D eigenvalue weighted by molar-refractivity contribution is 7.98. The third-order valence-electron chi connectivity index (χ3n) is 3.68. The lowest BCUT2D eigenvalue weighted by Crippen LogP contribution is -1.98. The Morgan fingerprint density at radius 1 is 0.920 bits per heavy atom. The van der Waals surface area contributed by atoms with E-state index in [4.69, 9.17) is 9.47 Å². The van der Waals surface area contributed by atoms with E-state index < -0.39 is 0 Å². The van der Waals surface area contributed by atoms with E-state index in [-0.39, 0.29) is 0 Å². The molecule has 0 atom stereocenters. The first-order valence-corrected chi connectivity index (χ1v) is 8.53. The van der Waals surface area contributed by atoms with Crippen molar-refractivity contribution >= 4 is 40.1 Å². The lowest BCUT2D eigenvalue weighted by Gasteiger charge is -2.13. The van der Waals surface area contributed by atoms with Gasteiger partial charge in [0.2, 0.25) is 0 Å². The molecule has 3 rings (SSSR count). The van der Waals surface area contributed by atoms with Crippen molar-refractivity contribution in [3.8, 4) is 11.5 Å². The number of methoxy groups -OCH3 is 2. The summed E-state index contributed by atoms with van der Waals surface area (Å²) < 4.78 is 16.9. The molecule has 0 aliphatic rings. The van der Waals surface area contributed by atoms with E-state index in [0.717, 1.165) is 28.0 Å². The first-order valence-electron chi connectivity index (χ1n) is 7.71. The quantitative estimate of drug-likeness (QED) is 0.548. The summed E-state index contributed by atoms with van der Waals surface area (Å²) in [4.78, 5) is 4.42. The van der Waals surface area contributed by atoms with E-state index in [9.17, 15) is 0 Å². The van der Waals surface area contributed by atoms with Crippen LogP contribution in [0.15, 0.2) is 48.7 Å². The molecule has 2 aromatic carbocycles. The first kappa shape index (κ1) is 17.2. The van der Waals surface area contributed by atoms with Gasteiger partial charge in [-0.1, -0.05) is 0 Å². The Morgan fingerprint density at radius 3 is 2.28 bits per heavy atom. The van der Waals surface area contributed by atoms with Crippen LogP contribution in [0.25, 0.3) is 10.9 Å². The lowest BCUT2D eigenvalue weighted by atomic mass is 10.1. The maximum Gasteiger partial charge on any atom is 0.162 e. The van der Waals surface area contributed by atoms with E-state index in [1.165, 1.54) is 12.1 Å². The van der Waals surface area contributed by atoms with Crippen molar-refractivity contribution in [3.05, 3.63) is 48.7 Å². The molecule has 130 valence electrons. The first-order chi connectivity index (χ1) is 12.2. The number of hydrogen-bond acceptors (Lipinski definition) is 7. The van der Waals surface area contributed by atoms with Gasteiger partial charge in [0.05, 0.1) is 19.7 Å². The summed E-state index contributed by atoms with van der Waals surface area (Å²) in [6.45, 7) is 0. The second kappa shape index (κ2) is 7.96. The van der Waals surface area contributed by atoms with Crippen LogP contribution < -0.4 is 24.2 Å². The van der Waals surface area contributed by atoms with Gasteiger partial charge in [-0.3, -0.25) is 4.98 Å². The van der Waals surface area contributed by atoms with E-state index >= 15 is 0 Å². The Balaban J connectivity index is 1.90. The van der Waals surface area contributed by atoms with Crippen molar-refractivity contribution < 1.29 is 9.47 Å². The molecule has 0 aliphatic carbocycles. The average molecular weight is 356 g/mol. The number of aromatic nitrogens is 1. The van der Waals surface area contributed by atoms with Gasteiger partial charge in [0, 0.05) is 46.8 Å². The van der Waals surface area contributed by atoms with E-state index in [1.54, 1.807) is 20.4 Å². The Morgan fingerprint density at radius 2 is 1.60 bits per heavy atom. The molecule has 0 unspecified atom stereocenters. The monoisotopic (exact) mass is 356 g/mol. The summed E-state index contributed by atoms with van der Waals surface area (Å²) >= 11 is 1.43. The normalized spacial score (nSPS) is 10.5. The van der Waals surface area contributed by atoms with Gasteiger partial charge in [0.25, 0.3) is 0 Å². The van der Waals surface area contributed by atoms with Crippen LogP contribution in [0.2, 0.25) is 0 Å². The van der Waals surface area contributed by atoms with Crippen LogP contribution in [0, 0.1) is 0 Å². The van der Waals surface area contributed by atoms with Crippen molar-refractivity contribution in [2.24, 2.45) is 0 Å². The molecule has 7 heteroatoms. The van der Waals surface area contributed by atoms with Crippen LogP contribution >= 0.6 is 12.1 Å². The molecule has 25 heavy (non-hydrogen) atoms. The molecule has 1 aromatic heterocycles. The Bertz CT molecular complexity index is 856. The zero-order valence-electron chi connectivity index (χ0n) is 14.3. The average Bonchev–Trinajstić information content (AvgIpc) is 2.66. The van der Waals surface area contributed by atoms with Gasteiger partial charge in [-0.05, 0) is 43.4 Å². The van der Waals surface area contributed by atoms with Crippen LogP contribution in [-0.2, 0) is 0 Å². The number of pyridine rings is 1. The predicted octanol–water partition coefficient (Wildman–Crippen LogP) is 4.19. The van der Waals surface area contributed by atoms with Gasteiger partial charge in [-0.15, -0.1) is 0 Å². The minimum Gasteiger partial charge on any atom is -0.493 e. The highest BCUT2D eigenvalue weighted by Crippen LogP contribution is 2.35. The fourth-order valence-corrected chi connectivity index (χ4v) is 2.82. The molecule has 3 N–H and O–H groups in total. The third-order valence-corrected chi connectivity index (χ3v) is 4.22. The molecule has 0 bridgehead atoms. The van der Waals surface area contributed by atoms with Crippen molar-refractivity contribution in [1.82, 2.24) is 9.71 Å². The van der Waals surface area contributed by atoms with E-state index in [2.05, 4.69) is 19.7 Å². The molecule has 3 aromatic rings. The fourth-order valence-electron chi connectivity index (χ4n) is 2.47. The number of rotatable bonds is 7. The Labute approximate surface area is 151 Å². The van der Waals surface area contributed by atoms with Crippen LogP contribution in [0.1, 0.15) is 0 Å². The number of hydrogen-bond donors (Lipinski definition) is 3. The van der Waals surface area contributed by atoms with Crippen LogP contribution in [0.3, 0.4) is 0 Å². The van der Waals surface area contributed by atoms with Crippen molar-refractivity contribution in [2.45, 2.75) is 0 Å². The lowest BCUT2D eigenvalue weighted by molar-refractivity contribution is 0.356. The van der Waals surface area contributed by atoms with Gasteiger partial charge in [-0.2, -0.15) is 0 Å². The second-order valence-corrected chi connectivity index (χ2v) is 6.01. The number of ether oxygens (including phenoxy) is 2. The van der Waals surface area contributed by atoms with Crippen LogP contribution in [-0.4, -0.2) is 26.3 Å². The molecule has 0 amide bonds. The number of nitrogens with one attached hydrogen (secondary N) is 3. The SMILES string of the molecule is CNSNc1ccc(Nc2ccnc3cc(OC)c(OC)cc23)cc1. The number of fused-ring (bicyclic) bond motifs is 1. The maximum absolute atomic E-state index is 5.41. The maximum atomic E-state index is 5.41. The summed E-state index contributed by atoms with van der Waals surface area (Å²) in [5.74, 6) is 1.34. The predicted molar refractivity (Wildman–Crippen MR) is 105 cm³/mol. The van der Waals surface area contributed by atoms with Gasteiger partial charge in [0.1, 0.15) is 0 Å². The topological polar surface area (TPSA) is 67.4 Å². The summed E-state index contributed by atoms with van der Waals surface area (Å²) in [6, 6.07) is 13.8. The number of nitrogens with zero attached hydrogens (tertiary/aromatic N) is 1. The minimum absolute atomic E-state index is 0.664. The summed E-state index contributed by atoms with van der Waals surface area (Å²) in [5, 5.41) is 4.40. The minimum atomic E-state index is 0.664. The van der Waals surface area contributed by atoms with Crippen LogP contribution in [0.4, 0.5) is 17.1 Å². The molecule has 0 aliphatic heterocycles. The van der Waals surface area contributed by atoms with Crippen molar-refractivity contribution in [2.75, 3.05) is 31.3 Å². The van der Waals surface area contributed by atoms with Gasteiger partial charge >= 0.3 is 0 Å². The standard InChI is InChI=1S/C18H20N4O2S/c1-19-25-22-13-6-4-12(5-7-13)21-15-8-9-20-16-11-18(24-3)17(23-2)10-14(15)16/h4-11,19,22H,1-3H3,(H,20,21). The molecule has 0 spiro atoms. The highest BCUT2D eigenvalue weighted by atomic mass is 32.2. The van der Waals surface area contributed by atoms with E-state index in [0.29, 0.717) is 11.5 Å². The fraction of sp³-hybridized carbons (Fsp3) is 0.167. The molecule has 0 radical (unpaired) electrons. The van der Waals surface area contributed by atoms with Gasteiger partial charge in [0.15, 0.2) is 11.5 Å². The molecular weight excluding hydrogens is 336 g/mol. The molecule has 6 nitrogen and oxygen atoms in total. The number of anilines is 3. The Hall–Kier alpha value is -2.64.